The van der Waals surface area contributed by atoms with Crippen molar-refractivity contribution in [2.45, 2.75) is 0 Å². The number of hydrogen-bond donors (Lipinski definition) is 2. The molecule has 0 aliphatic carbocycles. The minimum absolute atomic E-state index is 0.215. The van der Waals surface area contributed by atoms with Gasteiger partial charge in [0.05, 0.1) is 12.7 Å². The Hall–Kier alpha value is -3.19. The van der Waals surface area contributed by atoms with Crippen molar-refractivity contribution >= 4 is 44.9 Å². The molecule has 2 amide bonds. The first-order chi connectivity index (χ1) is 12.6. The molecule has 0 unspecified atom stereocenters. The number of nitrogens with one attached hydrogen (secondary N) is 2. The predicted octanol–water partition coefficient (Wildman–Crippen LogP) is 3.06. The van der Waals surface area contributed by atoms with Crippen molar-refractivity contribution < 1.29 is 19.1 Å². The van der Waals surface area contributed by atoms with Crippen LogP contribution in [0.25, 0.3) is 10.1 Å². The summed E-state index contributed by atoms with van der Waals surface area (Å²) >= 11 is 1.50. The first-order valence-corrected chi connectivity index (χ1v) is 8.69. The molecule has 0 aliphatic heterocycles. The van der Waals surface area contributed by atoms with Crippen LogP contribution in [0.1, 0.15) is 20.7 Å². The standard InChI is InChI=1S/C19H16N2O4S/c1-25-17(22)10-20-18(23)12-5-4-6-13(9-12)21-19(24)15-11-26-16-8-3-2-7-14(15)16/h2-9,11H,10H2,1H3,(H,20,23)(H,21,24). The van der Waals surface area contributed by atoms with Crippen molar-refractivity contribution in [1.82, 2.24) is 5.32 Å². The molecule has 0 bridgehead atoms. The number of ether oxygens (including phenoxy) is 1. The second-order valence-corrected chi connectivity index (χ2v) is 6.35. The lowest BCUT2D eigenvalue weighted by atomic mass is 10.1. The summed E-state index contributed by atoms with van der Waals surface area (Å²) in [6.45, 7) is -0.215. The molecule has 0 radical (unpaired) electrons. The summed E-state index contributed by atoms with van der Waals surface area (Å²) in [4.78, 5) is 35.7. The van der Waals surface area contributed by atoms with E-state index in [1.807, 2.05) is 29.6 Å². The highest BCUT2D eigenvalue weighted by atomic mass is 32.1. The summed E-state index contributed by atoms with van der Waals surface area (Å²) in [6.07, 6.45) is 0. The van der Waals surface area contributed by atoms with Crippen LogP contribution in [0.4, 0.5) is 5.69 Å². The Morgan fingerprint density at radius 2 is 1.85 bits per heavy atom. The maximum atomic E-state index is 12.6. The van der Waals surface area contributed by atoms with Gasteiger partial charge in [0, 0.05) is 26.7 Å². The van der Waals surface area contributed by atoms with Gasteiger partial charge >= 0.3 is 5.97 Å². The van der Waals surface area contributed by atoms with Crippen LogP contribution in [0.2, 0.25) is 0 Å². The van der Waals surface area contributed by atoms with E-state index < -0.39 is 11.9 Å². The average molecular weight is 368 g/mol. The van der Waals surface area contributed by atoms with Crippen LogP contribution in [-0.2, 0) is 9.53 Å². The molecule has 0 aliphatic rings. The summed E-state index contributed by atoms with van der Waals surface area (Å²) in [5.41, 5.74) is 1.42. The fraction of sp³-hybridized carbons (Fsp3) is 0.105. The number of esters is 1. The van der Waals surface area contributed by atoms with Gasteiger partial charge in [-0.05, 0) is 24.3 Å². The molecular weight excluding hydrogens is 352 g/mol. The van der Waals surface area contributed by atoms with Crippen LogP contribution in [0.5, 0.6) is 0 Å². The minimum Gasteiger partial charge on any atom is -0.468 e. The van der Waals surface area contributed by atoms with Crippen molar-refractivity contribution in [3.8, 4) is 0 Å². The number of benzene rings is 2. The number of carbonyl (C=O) groups excluding carboxylic acids is 3. The monoisotopic (exact) mass is 368 g/mol. The zero-order valence-electron chi connectivity index (χ0n) is 13.9. The van der Waals surface area contributed by atoms with Crippen LogP contribution in [-0.4, -0.2) is 31.4 Å². The molecule has 6 nitrogen and oxygen atoms in total. The van der Waals surface area contributed by atoms with Gasteiger partial charge < -0.3 is 15.4 Å². The number of methoxy groups -OCH3 is 1. The van der Waals surface area contributed by atoms with Gasteiger partial charge in [-0.2, -0.15) is 0 Å². The first kappa shape index (κ1) is 17.6. The fourth-order valence-corrected chi connectivity index (χ4v) is 3.36. The van der Waals surface area contributed by atoms with Gasteiger partial charge in [0.25, 0.3) is 11.8 Å². The van der Waals surface area contributed by atoms with Crippen molar-refractivity contribution in [3.05, 3.63) is 65.0 Å². The fourth-order valence-electron chi connectivity index (χ4n) is 2.42. The van der Waals surface area contributed by atoms with E-state index in [-0.39, 0.29) is 12.5 Å². The van der Waals surface area contributed by atoms with Gasteiger partial charge in [0.1, 0.15) is 6.54 Å². The third-order valence-corrected chi connectivity index (χ3v) is 4.69. The molecule has 3 rings (SSSR count). The molecule has 0 fully saturated rings. The van der Waals surface area contributed by atoms with Crippen LogP contribution in [0, 0.1) is 0 Å². The van der Waals surface area contributed by atoms with Gasteiger partial charge in [0.15, 0.2) is 0 Å². The van der Waals surface area contributed by atoms with E-state index in [9.17, 15) is 14.4 Å². The molecule has 0 saturated carbocycles. The van der Waals surface area contributed by atoms with Gasteiger partial charge in [0.2, 0.25) is 0 Å². The second kappa shape index (κ2) is 7.79. The third kappa shape index (κ3) is 3.89. The maximum absolute atomic E-state index is 12.6. The topological polar surface area (TPSA) is 84.5 Å². The summed E-state index contributed by atoms with van der Waals surface area (Å²) in [5, 5.41) is 7.96. The smallest absolute Gasteiger partial charge is 0.325 e. The molecule has 0 saturated heterocycles. The molecule has 132 valence electrons. The highest BCUT2D eigenvalue weighted by Gasteiger charge is 2.13. The second-order valence-electron chi connectivity index (χ2n) is 5.44. The predicted molar refractivity (Wildman–Crippen MR) is 101 cm³/mol. The van der Waals surface area contributed by atoms with Crippen LogP contribution < -0.4 is 10.6 Å². The lowest BCUT2D eigenvalue weighted by Gasteiger charge is -2.08. The Bertz CT molecular complexity index is 980. The molecule has 0 atom stereocenters. The van der Waals surface area contributed by atoms with Crippen molar-refractivity contribution in [1.29, 1.82) is 0 Å². The number of hydrogen-bond acceptors (Lipinski definition) is 5. The van der Waals surface area contributed by atoms with Crippen molar-refractivity contribution in [2.75, 3.05) is 19.0 Å². The highest BCUT2D eigenvalue weighted by molar-refractivity contribution is 7.17. The van der Waals surface area contributed by atoms with E-state index in [0.717, 1.165) is 10.1 Å². The SMILES string of the molecule is COC(=O)CNC(=O)c1cccc(NC(=O)c2csc3ccccc23)c1. The molecule has 2 aromatic carbocycles. The van der Waals surface area contributed by atoms with E-state index in [1.54, 1.807) is 24.3 Å². The number of fused-ring (bicyclic) bond motifs is 1. The van der Waals surface area contributed by atoms with Gasteiger partial charge in [-0.1, -0.05) is 24.3 Å². The van der Waals surface area contributed by atoms with Crippen LogP contribution >= 0.6 is 11.3 Å². The lowest BCUT2D eigenvalue weighted by molar-refractivity contribution is -0.139. The van der Waals surface area contributed by atoms with Crippen LogP contribution in [0.15, 0.2) is 53.9 Å². The van der Waals surface area contributed by atoms with E-state index in [0.29, 0.717) is 16.8 Å². The molecular formula is C19H16N2O4S. The Kier molecular flexibility index (Phi) is 5.28. The highest BCUT2D eigenvalue weighted by Crippen LogP contribution is 2.26. The summed E-state index contributed by atoms with van der Waals surface area (Å²) in [6, 6.07) is 14.2. The molecule has 1 heterocycles. The van der Waals surface area contributed by atoms with Crippen molar-refractivity contribution in [2.24, 2.45) is 0 Å². The Morgan fingerprint density at radius 1 is 1.04 bits per heavy atom. The minimum atomic E-state index is -0.535. The number of carbonyl (C=O) groups is 3. The van der Waals surface area contributed by atoms with E-state index in [2.05, 4.69) is 15.4 Å². The lowest BCUT2D eigenvalue weighted by Crippen LogP contribution is -2.30. The van der Waals surface area contributed by atoms with E-state index in [4.69, 9.17) is 0 Å². The number of rotatable bonds is 5. The largest absolute Gasteiger partial charge is 0.468 e. The van der Waals surface area contributed by atoms with Gasteiger partial charge in [-0.3, -0.25) is 14.4 Å². The average Bonchev–Trinajstić information content (AvgIpc) is 3.10. The Labute approximate surface area is 153 Å². The van der Waals surface area contributed by atoms with Crippen LogP contribution in [0.3, 0.4) is 0 Å². The Balaban J connectivity index is 1.73. The number of amides is 2. The molecule has 0 spiro atoms. The molecule has 26 heavy (non-hydrogen) atoms. The third-order valence-electron chi connectivity index (χ3n) is 3.73. The quantitative estimate of drug-likeness (QED) is 0.678. The summed E-state index contributed by atoms with van der Waals surface area (Å²) < 4.78 is 5.52. The normalized spacial score (nSPS) is 10.3. The number of thiophene rings is 1. The number of anilines is 1. The zero-order valence-corrected chi connectivity index (χ0v) is 14.8. The molecule has 2 N–H and O–H groups in total. The van der Waals surface area contributed by atoms with E-state index >= 15 is 0 Å². The Morgan fingerprint density at radius 3 is 2.65 bits per heavy atom. The molecule has 3 aromatic rings. The summed E-state index contributed by atoms with van der Waals surface area (Å²) in [5.74, 6) is -1.20. The molecule has 1 aromatic heterocycles. The van der Waals surface area contributed by atoms with Crippen molar-refractivity contribution in [3.63, 3.8) is 0 Å². The van der Waals surface area contributed by atoms with Gasteiger partial charge in [-0.15, -0.1) is 11.3 Å². The summed E-state index contributed by atoms with van der Waals surface area (Å²) in [7, 11) is 1.25. The molecule has 7 heteroatoms. The van der Waals surface area contributed by atoms with E-state index in [1.165, 1.54) is 18.4 Å². The zero-order chi connectivity index (χ0) is 18.5. The van der Waals surface area contributed by atoms with Gasteiger partial charge in [-0.25, -0.2) is 0 Å². The first-order valence-electron chi connectivity index (χ1n) is 7.81. The maximum Gasteiger partial charge on any atom is 0.325 e.